The van der Waals surface area contributed by atoms with Crippen molar-refractivity contribution < 1.29 is 0 Å². The van der Waals surface area contributed by atoms with Gasteiger partial charge in [-0.3, -0.25) is 9.69 Å². The van der Waals surface area contributed by atoms with Crippen molar-refractivity contribution in [1.82, 2.24) is 15.1 Å². The monoisotopic (exact) mass is 353 g/mol. The maximum atomic E-state index is 12.1. The molecular weight excluding hydrogens is 322 g/mol. The number of fused-ring (bicyclic) bond motifs is 1. The molecule has 2 aliphatic rings. The van der Waals surface area contributed by atoms with Crippen molar-refractivity contribution in [3.05, 3.63) is 40.3 Å². The van der Waals surface area contributed by atoms with E-state index < -0.39 is 0 Å². The van der Waals surface area contributed by atoms with Gasteiger partial charge in [-0.05, 0) is 58.1 Å². The standard InChI is InChI=1S/C22H31N3O/c1-16-8-3-2-6-15-25(16)18-10-7-9-17(13-14-18)21-19-11-4-5-12-20(19)22(26)24-23-21/h4-5,11-12,16-18H,2-3,6-10,13-15H2,1H3,(H,24,26). The SMILES string of the molecule is CC1CCCCCN1C1CCCC(c2n[nH]c(=O)c3ccccc23)CC1. The van der Waals surface area contributed by atoms with Crippen LogP contribution in [0.15, 0.2) is 29.1 Å². The summed E-state index contributed by atoms with van der Waals surface area (Å²) in [5, 5.41) is 9.04. The molecule has 2 heterocycles. The number of nitrogens with one attached hydrogen (secondary N) is 1. The van der Waals surface area contributed by atoms with Crippen LogP contribution in [0.5, 0.6) is 0 Å². The van der Waals surface area contributed by atoms with E-state index in [1.807, 2.05) is 18.2 Å². The molecule has 1 aliphatic heterocycles. The van der Waals surface area contributed by atoms with Crippen LogP contribution < -0.4 is 5.56 Å². The van der Waals surface area contributed by atoms with Crippen molar-refractivity contribution in [2.24, 2.45) is 0 Å². The number of hydrogen-bond acceptors (Lipinski definition) is 3. The fraction of sp³-hybridized carbons (Fsp3) is 0.636. The molecule has 4 nitrogen and oxygen atoms in total. The summed E-state index contributed by atoms with van der Waals surface area (Å²) < 4.78 is 0. The zero-order valence-electron chi connectivity index (χ0n) is 15.9. The Morgan fingerprint density at radius 3 is 2.69 bits per heavy atom. The summed E-state index contributed by atoms with van der Waals surface area (Å²) in [7, 11) is 0. The first-order valence-corrected chi connectivity index (χ1v) is 10.5. The van der Waals surface area contributed by atoms with Gasteiger partial charge in [0, 0.05) is 23.4 Å². The van der Waals surface area contributed by atoms with E-state index in [0.29, 0.717) is 5.92 Å². The topological polar surface area (TPSA) is 49.0 Å². The van der Waals surface area contributed by atoms with Gasteiger partial charge in [-0.15, -0.1) is 0 Å². The van der Waals surface area contributed by atoms with Crippen LogP contribution in [0.2, 0.25) is 0 Å². The number of likely N-dealkylation sites (tertiary alicyclic amines) is 1. The maximum Gasteiger partial charge on any atom is 0.272 e. The first-order chi connectivity index (χ1) is 12.7. The molecule has 2 fully saturated rings. The molecule has 0 amide bonds. The second-order valence-electron chi connectivity index (χ2n) is 8.28. The molecule has 1 saturated carbocycles. The van der Waals surface area contributed by atoms with E-state index in [1.165, 1.54) is 64.3 Å². The lowest BCUT2D eigenvalue weighted by atomic mass is 9.93. The predicted molar refractivity (Wildman–Crippen MR) is 107 cm³/mol. The maximum absolute atomic E-state index is 12.1. The number of nitrogens with zero attached hydrogens (tertiary/aromatic N) is 2. The average Bonchev–Trinajstić information content (AvgIpc) is 3.02. The molecule has 1 aliphatic carbocycles. The zero-order chi connectivity index (χ0) is 17.9. The van der Waals surface area contributed by atoms with Crippen molar-refractivity contribution >= 4 is 10.8 Å². The minimum absolute atomic E-state index is 0.0748. The molecule has 1 saturated heterocycles. The van der Waals surface area contributed by atoms with E-state index in [9.17, 15) is 4.79 Å². The van der Waals surface area contributed by atoms with E-state index in [2.05, 4.69) is 28.1 Å². The van der Waals surface area contributed by atoms with E-state index in [4.69, 9.17) is 0 Å². The van der Waals surface area contributed by atoms with Crippen molar-refractivity contribution in [2.75, 3.05) is 6.54 Å². The van der Waals surface area contributed by atoms with Crippen LogP contribution in [0.3, 0.4) is 0 Å². The van der Waals surface area contributed by atoms with Gasteiger partial charge >= 0.3 is 0 Å². The highest BCUT2D eigenvalue weighted by molar-refractivity contribution is 5.83. The summed E-state index contributed by atoms with van der Waals surface area (Å²) in [5.74, 6) is 0.462. The van der Waals surface area contributed by atoms with Gasteiger partial charge in [0.25, 0.3) is 5.56 Å². The molecule has 26 heavy (non-hydrogen) atoms. The second kappa shape index (κ2) is 7.91. The lowest BCUT2D eigenvalue weighted by Gasteiger charge is -2.35. The van der Waals surface area contributed by atoms with Gasteiger partial charge in [0.1, 0.15) is 0 Å². The van der Waals surface area contributed by atoms with Crippen molar-refractivity contribution in [3.8, 4) is 0 Å². The Kier molecular flexibility index (Phi) is 5.39. The quantitative estimate of drug-likeness (QED) is 0.803. The van der Waals surface area contributed by atoms with E-state index in [1.54, 1.807) is 0 Å². The Bertz CT molecular complexity index is 799. The van der Waals surface area contributed by atoms with Crippen LogP contribution in [0.4, 0.5) is 0 Å². The molecule has 4 rings (SSSR count). The normalized spacial score (nSPS) is 28.6. The largest absolute Gasteiger partial charge is 0.298 e. The molecule has 0 radical (unpaired) electrons. The molecule has 0 spiro atoms. The molecule has 1 aromatic heterocycles. The van der Waals surface area contributed by atoms with Gasteiger partial charge in [-0.2, -0.15) is 5.10 Å². The van der Waals surface area contributed by atoms with Gasteiger partial charge < -0.3 is 0 Å². The van der Waals surface area contributed by atoms with Gasteiger partial charge in [-0.25, -0.2) is 5.10 Å². The molecule has 3 unspecified atom stereocenters. The van der Waals surface area contributed by atoms with Crippen LogP contribution in [0.1, 0.15) is 76.3 Å². The van der Waals surface area contributed by atoms with Gasteiger partial charge in [0.15, 0.2) is 0 Å². The highest BCUT2D eigenvalue weighted by Gasteiger charge is 2.29. The highest BCUT2D eigenvalue weighted by atomic mass is 16.1. The van der Waals surface area contributed by atoms with Gasteiger partial charge in [0.2, 0.25) is 0 Å². The van der Waals surface area contributed by atoms with Gasteiger partial charge in [0.05, 0.1) is 11.1 Å². The number of rotatable bonds is 2. The Morgan fingerprint density at radius 1 is 0.962 bits per heavy atom. The summed E-state index contributed by atoms with van der Waals surface area (Å²) in [5.41, 5.74) is 1.03. The van der Waals surface area contributed by atoms with Crippen LogP contribution in [0, 0.1) is 0 Å². The van der Waals surface area contributed by atoms with Crippen molar-refractivity contribution in [3.63, 3.8) is 0 Å². The number of hydrogen-bond donors (Lipinski definition) is 1. The first-order valence-electron chi connectivity index (χ1n) is 10.5. The third-order valence-electron chi connectivity index (χ3n) is 6.62. The summed E-state index contributed by atoms with van der Waals surface area (Å²) in [6.45, 7) is 3.70. The van der Waals surface area contributed by atoms with Crippen LogP contribution in [-0.4, -0.2) is 33.7 Å². The number of aromatic nitrogens is 2. The van der Waals surface area contributed by atoms with Crippen LogP contribution >= 0.6 is 0 Å². The number of H-pyrrole nitrogens is 1. The van der Waals surface area contributed by atoms with Crippen molar-refractivity contribution in [2.45, 2.75) is 82.7 Å². The first kappa shape index (κ1) is 17.7. The lowest BCUT2D eigenvalue weighted by Crippen LogP contribution is -2.41. The average molecular weight is 354 g/mol. The van der Waals surface area contributed by atoms with Crippen molar-refractivity contribution in [1.29, 1.82) is 0 Å². The zero-order valence-corrected chi connectivity index (χ0v) is 15.9. The van der Waals surface area contributed by atoms with Crippen LogP contribution in [-0.2, 0) is 0 Å². The van der Waals surface area contributed by atoms with Crippen LogP contribution in [0.25, 0.3) is 10.8 Å². The summed E-state index contributed by atoms with van der Waals surface area (Å²) >= 11 is 0. The molecule has 2 aromatic rings. The number of aromatic amines is 1. The minimum atomic E-state index is -0.0748. The van der Waals surface area contributed by atoms with E-state index in [-0.39, 0.29) is 5.56 Å². The molecular formula is C22H31N3O. The van der Waals surface area contributed by atoms with E-state index in [0.717, 1.165) is 28.6 Å². The fourth-order valence-corrected chi connectivity index (χ4v) is 5.17. The summed E-state index contributed by atoms with van der Waals surface area (Å²) in [6.07, 6.45) is 11.7. The molecule has 3 atom stereocenters. The Balaban J connectivity index is 1.54. The summed E-state index contributed by atoms with van der Waals surface area (Å²) in [6, 6.07) is 9.38. The third-order valence-corrected chi connectivity index (χ3v) is 6.62. The third kappa shape index (κ3) is 3.57. The Labute approximate surface area is 156 Å². The molecule has 0 bridgehead atoms. The van der Waals surface area contributed by atoms with Gasteiger partial charge in [-0.1, -0.05) is 37.5 Å². The molecule has 140 valence electrons. The highest BCUT2D eigenvalue weighted by Crippen LogP contribution is 2.36. The molecule has 1 aromatic carbocycles. The Morgan fingerprint density at radius 2 is 1.81 bits per heavy atom. The summed E-state index contributed by atoms with van der Waals surface area (Å²) in [4.78, 5) is 14.9. The fourth-order valence-electron chi connectivity index (χ4n) is 5.17. The smallest absolute Gasteiger partial charge is 0.272 e. The molecule has 4 heteroatoms. The predicted octanol–water partition coefficient (Wildman–Crippen LogP) is 4.60. The van der Waals surface area contributed by atoms with E-state index >= 15 is 0 Å². The number of benzene rings is 1. The molecule has 1 N–H and O–H groups in total. The minimum Gasteiger partial charge on any atom is -0.298 e. The second-order valence-corrected chi connectivity index (χ2v) is 8.28. The Hall–Kier alpha value is -1.68. The lowest BCUT2D eigenvalue weighted by molar-refractivity contribution is 0.133.